The van der Waals surface area contributed by atoms with E-state index in [4.69, 9.17) is 4.74 Å². The Hall–Kier alpha value is -3.88. The molecule has 3 aromatic carbocycles. The zero-order valence-electron chi connectivity index (χ0n) is 20.8. The van der Waals surface area contributed by atoms with Crippen molar-refractivity contribution in [1.29, 1.82) is 0 Å². The van der Waals surface area contributed by atoms with Gasteiger partial charge >= 0.3 is 12.1 Å². The molecule has 2 atom stereocenters. The lowest BCUT2D eigenvalue weighted by atomic mass is 9.86. The van der Waals surface area contributed by atoms with Crippen molar-refractivity contribution in [1.82, 2.24) is 15.1 Å². The summed E-state index contributed by atoms with van der Waals surface area (Å²) in [6.07, 6.45) is -4.29. The van der Waals surface area contributed by atoms with E-state index in [1.54, 1.807) is 53.3 Å². The average Bonchev–Trinajstić information content (AvgIpc) is 3.25. The van der Waals surface area contributed by atoms with Crippen molar-refractivity contribution < 1.29 is 27.1 Å². The topological polar surface area (TPSA) is 56.1 Å². The summed E-state index contributed by atoms with van der Waals surface area (Å²) in [5.41, 5.74) is 2.97. The lowest BCUT2D eigenvalue weighted by Crippen LogP contribution is -2.45. The minimum Gasteiger partial charge on any atom is -0.484 e. The number of amides is 1. The number of ether oxygens (including phenoxy) is 1. The van der Waals surface area contributed by atoms with E-state index in [0.717, 1.165) is 16.5 Å². The molecule has 5 nitrogen and oxygen atoms in total. The number of nitrogens with one attached hydrogen (secondary N) is 1. The molecule has 0 aliphatic heterocycles. The number of alkyl halides is 3. The maximum atomic E-state index is 13.3. The summed E-state index contributed by atoms with van der Waals surface area (Å²) in [6, 6.07) is 17.5. The second-order valence-corrected chi connectivity index (χ2v) is 9.92. The fraction of sp³-hybridized carbons (Fsp3) is 0.310. The Morgan fingerprint density at radius 3 is 2.18 bits per heavy atom. The second-order valence-electron chi connectivity index (χ2n) is 9.92. The van der Waals surface area contributed by atoms with Gasteiger partial charge in [0.1, 0.15) is 17.7 Å². The molecule has 4 aromatic rings. The highest BCUT2D eigenvalue weighted by Crippen LogP contribution is 2.31. The molecule has 0 spiro atoms. The number of hydrogen-bond acceptors (Lipinski definition) is 3. The van der Waals surface area contributed by atoms with E-state index in [-0.39, 0.29) is 18.7 Å². The largest absolute Gasteiger partial charge is 0.484 e. The lowest BCUT2D eigenvalue weighted by Gasteiger charge is -2.28. The highest BCUT2D eigenvalue weighted by molar-refractivity contribution is 5.82. The van der Waals surface area contributed by atoms with Crippen LogP contribution in [0.15, 0.2) is 72.9 Å². The van der Waals surface area contributed by atoms with Crippen molar-refractivity contribution in [2.75, 3.05) is 0 Å². The highest BCUT2D eigenvalue weighted by Gasteiger charge is 2.40. The Labute approximate surface area is 219 Å². The minimum atomic E-state index is -5.01. The number of fused-ring (bicyclic) bond motifs is 1. The first-order valence-corrected chi connectivity index (χ1v) is 11.7. The van der Waals surface area contributed by atoms with Gasteiger partial charge in [-0.2, -0.15) is 18.3 Å². The average molecular weight is 530 g/mol. The van der Waals surface area contributed by atoms with Crippen LogP contribution in [0.5, 0.6) is 5.75 Å². The summed E-state index contributed by atoms with van der Waals surface area (Å²) in [6.45, 7) is 7.65. The molecule has 202 valence electrons. The first kappa shape index (κ1) is 28.7. The molecular formula is C29H31F4N3O2. The van der Waals surface area contributed by atoms with Crippen LogP contribution in [0, 0.1) is 5.82 Å². The van der Waals surface area contributed by atoms with Gasteiger partial charge in [-0.25, -0.2) is 9.07 Å². The fourth-order valence-electron chi connectivity index (χ4n) is 4.01. The second kappa shape index (κ2) is 10.8. The highest BCUT2D eigenvalue weighted by atomic mass is 19.4. The molecule has 0 fully saturated rings. The molecule has 1 amide bonds. The normalized spacial score (nSPS) is 13.5. The summed E-state index contributed by atoms with van der Waals surface area (Å²) >= 11 is 0. The van der Waals surface area contributed by atoms with E-state index in [9.17, 15) is 22.4 Å². The van der Waals surface area contributed by atoms with Crippen LogP contribution in [0.3, 0.4) is 0 Å². The van der Waals surface area contributed by atoms with Gasteiger partial charge in [0.25, 0.3) is 0 Å². The lowest BCUT2D eigenvalue weighted by molar-refractivity contribution is -0.174. The van der Waals surface area contributed by atoms with Gasteiger partial charge in [0.2, 0.25) is 0 Å². The van der Waals surface area contributed by atoms with Crippen LogP contribution in [0.25, 0.3) is 16.6 Å². The summed E-state index contributed by atoms with van der Waals surface area (Å²) in [5.74, 6) is -2.00. The maximum Gasteiger partial charge on any atom is 0.471 e. The number of benzene rings is 3. The number of hydrogen-bond donors (Lipinski definition) is 1. The Kier molecular flexibility index (Phi) is 8.19. The van der Waals surface area contributed by atoms with Crippen molar-refractivity contribution in [3.63, 3.8) is 0 Å². The number of nitrogens with zero attached hydrogens (tertiary/aromatic N) is 2. The van der Waals surface area contributed by atoms with E-state index < -0.39 is 24.2 Å². The third-order valence-corrected chi connectivity index (χ3v) is 6.05. The third-order valence-electron chi connectivity index (χ3n) is 6.05. The van der Waals surface area contributed by atoms with Gasteiger partial charge in [0.15, 0.2) is 0 Å². The third kappa shape index (κ3) is 6.33. The van der Waals surface area contributed by atoms with Crippen molar-refractivity contribution in [2.45, 2.75) is 58.9 Å². The number of carbonyl (C=O) groups is 1. The summed E-state index contributed by atoms with van der Waals surface area (Å²) in [5, 5.41) is 7.10. The smallest absolute Gasteiger partial charge is 0.471 e. The minimum absolute atomic E-state index is 0. The maximum absolute atomic E-state index is 13.3. The number of aromatic nitrogens is 2. The number of rotatable bonds is 6. The standard InChI is InChI=1S/C28H27F4N3O2.CH4/c1-17(34-26(36)28(30,31)32)25(18-5-7-20(8-6-18)27(2,3)4)37-23-13-14-24-19(15-23)16-33-35(24)22-11-9-21(29)10-12-22;/h5-17,25H,1-4H3,(H,34,36);1H4/t17-,25-;/m0./s1. The Morgan fingerprint density at radius 2 is 1.61 bits per heavy atom. The van der Waals surface area contributed by atoms with E-state index in [2.05, 4.69) is 25.9 Å². The van der Waals surface area contributed by atoms with Crippen LogP contribution in [0.1, 0.15) is 52.4 Å². The van der Waals surface area contributed by atoms with Gasteiger partial charge in [-0.1, -0.05) is 52.5 Å². The molecule has 1 heterocycles. The van der Waals surface area contributed by atoms with Crippen LogP contribution in [-0.4, -0.2) is 27.9 Å². The molecular weight excluding hydrogens is 498 g/mol. The predicted molar refractivity (Wildman–Crippen MR) is 140 cm³/mol. The van der Waals surface area contributed by atoms with Crippen LogP contribution < -0.4 is 10.1 Å². The summed E-state index contributed by atoms with van der Waals surface area (Å²) < 4.78 is 60.0. The first-order chi connectivity index (χ1) is 17.3. The molecule has 0 aliphatic carbocycles. The van der Waals surface area contributed by atoms with Crippen LogP contribution in [0.4, 0.5) is 17.6 Å². The van der Waals surface area contributed by atoms with Crippen molar-refractivity contribution in [3.05, 3.63) is 89.9 Å². The molecule has 0 saturated carbocycles. The molecule has 1 N–H and O–H groups in total. The van der Waals surface area contributed by atoms with Gasteiger partial charge in [0, 0.05) is 5.39 Å². The molecule has 1 aromatic heterocycles. The number of halogens is 4. The number of carbonyl (C=O) groups excluding carboxylic acids is 1. The van der Waals surface area contributed by atoms with Gasteiger partial charge in [-0.05, 0) is 65.9 Å². The zero-order chi connectivity index (χ0) is 27.0. The SMILES string of the molecule is C.C[C@H](NC(=O)C(F)(F)F)[C@H](Oc1ccc2c(cnn2-c2ccc(F)cc2)c1)c1ccc(C(C)(C)C)cc1. The predicted octanol–water partition coefficient (Wildman–Crippen LogP) is 7.29. The zero-order valence-corrected chi connectivity index (χ0v) is 20.8. The first-order valence-electron chi connectivity index (χ1n) is 11.7. The van der Waals surface area contributed by atoms with Gasteiger partial charge in [-0.15, -0.1) is 0 Å². The monoisotopic (exact) mass is 529 g/mol. The summed E-state index contributed by atoms with van der Waals surface area (Å²) in [4.78, 5) is 11.7. The van der Waals surface area contributed by atoms with E-state index in [1.165, 1.54) is 19.1 Å². The molecule has 9 heteroatoms. The Balaban J connectivity index is 0.00000400. The van der Waals surface area contributed by atoms with Crippen LogP contribution in [0.2, 0.25) is 0 Å². The van der Waals surface area contributed by atoms with E-state index in [0.29, 0.717) is 17.0 Å². The Bertz CT molecular complexity index is 1390. The van der Waals surface area contributed by atoms with Crippen molar-refractivity contribution in [2.24, 2.45) is 0 Å². The molecule has 0 saturated heterocycles. The van der Waals surface area contributed by atoms with Gasteiger partial charge in [-0.3, -0.25) is 4.79 Å². The molecule has 0 bridgehead atoms. The molecule has 4 rings (SSSR count). The molecule has 0 radical (unpaired) electrons. The van der Waals surface area contributed by atoms with Crippen molar-refractivity contribution >= 4 is 16.8 Å². The van der Waals surface area contributed by atoms with Crippen LogP contribution in [-0.2, 0) is 10.2 Å². The Morgan fingerprint density at radius 1 is 0.974 bits per heavy atom. The molecule has 0 aliphatic rings. The van der Waals surface area contributed by atoms with Crippen LogP contribution >= 0.6 is 0 Å². The van der Waals surface area contributed by atoms with Gasteiger partial charge < -0.3 is 10.1 Å². The quantitative estimate of drug-likeness (QED) is 0.267. The fourth-order valence-corrected chi connectivity index (χ4v) is 4.01. The summed E-state index contributed by atoms with van der Waals surface area (Å²) in [7, 11) is 0. The van der Waals surface area contributed by atoms with E-state index >= 15 is 0 Å². The molecule has 38 heavy (non-hydrogen) atoms. The van der Waals surface area contributed by atoms with E-state index in [1.807, 2.05) is 17.4 Å². The van der Waals surface area contributed by atoms with Crippen molar-refractivity contribution in [3.8, 4) is 11.4 Å². The van der Waals surface area contributed by atoms with Gasteiger partial charge in [0.05, 0.1) is 23.4 Å². The molecule has 0 unspecified atom stereocenters.